The number of hydrogen-bond donors (Lipinski definition) is 2. The molecule has 1 N–H and O–H groups in total. The normalized spacial score (nSPS) is 14.7. The number of fused-ring (bicyclic) bond motifs is 1. The zero-order valence-electron chi connectivity index (χ0n) is 15.2. The van der Waals surface area contributed by atoms with Gasteiger partial charge in [0, 0.05) is 19.3 Å². The third-order valence-corrected chi connectivity index (χ3v) is 4.14. The summed E-state index contributed by atoms with van der Waals surface area (Å²) >= 11 is 4.57. The van der Waals surface area contributed by atoms with Crippen LogP contribution in [0.3, 0.4) is 0 Å². The molecule has 0 aliphatic carbocycles. The van der Waals surface area contributed by atoms with Gasteiger partial charge in [0.2, 0.25) is 5.91 Å². The predicted molar refractivity (Wildman–Crippen MR) is 100 cm³/mol. The van der Waals surface area contributed by atoms with Crippen molar-refractivity contribution in [3.63, 3.8) is 0 Å². The number of carbonyl (C=O) groups is 2. The van der Waals surface area contributed by atoms with E-state index in [9.17, 15) is 9.59 Å². The summed E-state index contributed by atoms with van der Waals surface area (Å²) in [7, 11) is 1.68. The molecule has 6 nitrogen and oxygen atoms in total. The predicted octanol–water partition coefficient (Wildman–Crippen LogP) is 3.04. The number of anilines is 1. The molecule has 1 aromatic rings. The van der Waals surface area contributed by atoms with Gasteiger partial charge in [-0.2, -0.15) is 12.6 Å². The molecule has 1 aromatic carbocycles. The van der Waals surface area contributed by atoms with E-state index in [1.807, 2.05) is 39.0 Å². The van der Waals surface area contributed by atoms with Crippen molar-refractivity contribution in [3.05, 3.63) is 29.3 Å². The summed E-state index contributed by atoms with van der Waals surface area (Å²) in [4.78, 5) is 24.7. The molecule has 1 aliphatic rings. The third-order valence-electron chi connectivity index (χ3n) is 3.69. The number of ether oxygens (including phenoxy) is 2. The van der Waals surface area contributed by atoms with Crippen LogP contribution in [0.25, 0.3) is 0 Å². The molecule has 2 rings (SSSR count). The lowest BCUT2D eigenvalue weighted by molar-refractivity contribution is -0.115. The first kappa shape index (κ1) is 19.6. The highest BCUT2D eigenvalue weighted by atomic mass is 32.1. The van der Waals surface area contributed by atoms with E-state index in [2.05, 4.69) is 17.9 Å². The van der Waals surface area contributed by atoms with Crippen molar-refractivity contribution < 1.29 is 19.1 Å². The van der Waals surface area contributed by atoms with Gasteiger partial charge in [0.25, 0.3) is 0 Å². The number of rotatable bonds is 6. The van der Waals surface area contributed by atoms with Crippen LogP contribution in [-0.2, 0) is 20.7 Å². The van der Waals surface area contributed by atoms with Gasteiger partial charge in [0.1, 0.15) is 5.60 Å². The molecular formula is C18H26N2O4S. The molecule has 25 heavy (non-hydrogen) atoms. The maximum Gasteiger partial charge on any atom is 0.410 e. The topological polar surface area (TPSA) is 67.9 Å². The van der Waals surface area contributed by atoms with Crippen LogP contribution in [0, 0.1) is 0 Å². The first-order valence-corrected chi connectivity index (χ1v) is 8.80. The van der Waals surface area contributed by atoms with Gasteiger partial charge < -0.3 is 19.7 Å². The van der Waals surface area contributed by atoms with Gasteiger partial charge in [-0.15, -0.1) is 0 Å². The summed E-state index contributed by atoms with van der Waals surface area (Å²) in [5, 5.41) is 2.72. The van der Waals surface area contributed by atoms with Crippen LogP contribution in [0.2, 0.25) is 0 Å². The van der Waals surface area contributed by atoms with Gasteiger partial charge >= 0.3 is 6.09 Å². The first-order chi connectivity index (χ1) is 11.7. The van der Waals surface area contributed by atoms with Crippen molar-refractivity contribution in [2.75, 3.05) is 32.1 Å². The Labute approximate surface area is 154 Å². The summed E-state index contributed by atoms with van der Waals surface area (Å²) in [6, 6.07) is 5.83. The molecule has 0 radical (unpaired) electrons. The molecule has 0 saturated carbocycles. The second-order valence-electron chi connectivity index (χ2n) is 7.13. The van der Waals surface area contributed by atoms with Crippen LogP contribution in [0.1, 0.15) is 37.1 Å². The number of amides is 2. The maximum atomic E-state index is 11.8. The van der Waals surface area contributed by atoms with E-state index in [4.69, 9.17) is 9.47 Å². The molecule has 1 atom stereocenters. The number of benzene rings is 1. The Bertz CT molecular complexity index is 642. The minimum Gasteiger partial charge on any atom is -0.444 e. The maximum absolute atomic E-state index is 11.8. The van der Waals surface area contributed by atoms with Crippen LogP contribution in [0.4, 0.5) is 10.5 Å². The highest BCUT2D eigenvalue weighted by Crippen LogP contribution is 2.28. The van der Waals surface area contributed by atoms with Gasteiger partial charge in [-0.05, 0) is 38.0 Å². The minimum absolute atomic E-state index is 0.0179. The van der Waals surface area contributed by atoms with E-state index in [-0.39, 0.29) is 17.3 Å². The minimum atomic E-state index is -0.508. The van der Waals surface area contributed by atoms with Gasteiger partial charge in [-0.1, -0.05) is 12.1 Å². The Morgan fingerprint density at radius 3 is 2.80 bits per heavy atom. The molecule has 1 aliphatic heterocycles. The second-order valence-corrected chi connectivity index (χ2v) is 7.76. The van der Waals surface area contributed by atoms with Gasteiger partial charge in [0.15, 0.2) is 0 Å². The molecule has 0 fully saturated rings. The second kappa shape index (κ2) is 8.10. The van der Waals surface area contributed by atoms with Gasteiger partial charge in [0.05, 0.1) is 24.9 Å². The molecule has 0 aromatic heterocycles. The van der Waals surface area contributed by atoms with Crippen molar-refractivity contribution >= 4 is 30.3 Å². The quantitative estimate of drug-likeness (QED) is 0.600. The van der Waals surface area contributed by atoms with Crippen LogP contribution in [0.5, 0.6) is 0 Å². The average Bonchev–Trinajstić information content (AvgIpc) is 2.88. The Balaban J connectivity index is 1.74. The van der Waals surface area contributed by atoms with Crippen molar-refractivity contribution in [1.29, 1.82) is 0 Å². The molecular weight excluding hydrogens is 340 g/mol. The van der Waals surface area contributed by atoms with Crippen LogP contribution < -0.4 is 5.32 Å². The molecule has 7 heteroatoms. The van der Waals surface area contributed by atoms with Crippen LogP contribution in [-0.4, -0.2) is 49.3 Å². The summed E-state index contributed by atoms with van der Waals surface area (Å²) in [5.41, 5.74) is 2.37. The van der Waals surface area contributed by atoms with Gasteiger partial charge in [-0.25, -0.2) is 4.79 Å². The summed E-state index contributed by atoms with van der Waals surface area (Å²) in [6.07, 6.45) is 0.0416. The average molecular weight is 366 g/mol. The monoisotopic (exact) mass is 366 g/mol. The lowest BCUT2D eigenvalue weighted by Gasteiger charge is -2.24. The number of thiol groups is 1. The van der Waals surface area contributed by atoms with Crippen LogP contribution in [0.15, 0.2) is 18.2 Å². The zero-order chi connectivity index (χ0) is 18.6. The zero-order valence-corrected chi connectivity index (χ0v) is 16.1. The van der Waals surface area contributed by atoms with E-state index in [1.54, 1.807) is 7.05 Å². The number of likely N-dealkylation sites (N-methyl/N-ethyl adjacent to an activating group) is 1. The molecule has 2 amide bonds. The van der Waals surface area contributed by atoms with E-state index in [0.29, 0.717) is 26.2 Å². The molecule has 1 heterocycles. The Kier molecular flexibility index (Phi) is 6.35. The number of hydrogen-bond acceptors (Lipinski definition) is 5. The summed E-state index contributed by atoms with van der Waals surface area (Å²) < 4.78 is 10.9. The number of carbonyl (C=O) groups excluding carboxylic acids is 2. The standard InChI is InChI=1S/C18H26N2O4S/c1-18(2,3)24-17(22)20(4)7-8-23-11-15(25)12-5-6-14-13(9-12)10-16(21)19-14/h5-6,9,15,25H,7-8,10-11H2,1-4H3,(H,19,21). The van der Waals surface area contributed by atoms with E-state index >= 15 is 0 Å². The fourth-order valence-corrected chi connectivity index (χ4v) is 2.65. The van der Waals surface area contributed by atoms with Crippen molar-refractivity contribution in [3.8, 4) is 0 Å². The van der Waals surface area contributed by atoms with E-state index in [0.717, 1.165) is 16.8 Å². The number of nitrogens with zero attached hydrogens (tertiary/aromatic N) is 1. The highest BCUT2D eigenvalue weighted by molar-refractivity contribution is 7.80. The fourth-order valence-electron chi connectivity index (χ4n) is 2.38. The third kappa shape index (κ3) is 5.93. The smallest absolute Gasteiger partial charge is 0.410 e. The molecule has 1 unspecified atom stereocenters. The highest BCUT2D eigenvalue weighted by Gasteiger charge is 2.20. The lowest BCUT2D eigenvalue weighted by Crippen LogP contribution is -2.36. The van der Waals surface area contributed by atoms with Crippen molar-refractivity contribution in [1.82, 2.24) is 4.90 Å². The Morgan fingerprint density at radius 1 is 1.40 bits per heavy atom. The Hall–Kier alpha value is -1.73. The molecule has 0 bridgehead atoms. The van der Waals surface area contributed by atoms with Gasteiger partial charge in [-0.3, -0.25) is 4.79 Å². The van der Waals surface area contributed by atoms with Crippen LogP contribution >= 0.6 is 12.6 Å². The van der Waals surface area contributed by atoms with E-state index in [1.165, 1.54) is 4.90 Å². The molecule has 0 saturated heterocycles. The largest absolute Gasteiger partial charge is 0.444 e. The summed E-state index contributed by atoms with van der Waals surface area (Å²) in [6.45, 7) is 6.77. The molecule has 0 spiro atoms. The number of nitrogens with one attached hydrogen (secondary N) is 1. The first-order valence-electron chi connectivity index (χ1n) is 8.28. The SMILES string of the molecule is CN(CCOCC(S)c1ccc2c(c1)CC(=O)N2)C(=O)OC(C)(C)C. The molecule has 138 valence electrons. The van der Waals surface area contributed by atoms with E-state index < -0.39 is 5.60 Å². The van der Waals surface area contributed by atoms with Crippen molar-refractivity contribution in [2.24, 2.45) is 0 Å². The fraction of sp³-hybridized carbons (Fsp3) is 0.556. The van der Waals surface area contributed by atoms with Crippen molar-refractivity contribution in [2.45, 2.75) is 38.0 Å². The Morgan fingerprint density at radius 2 is 2.12 bits per heavy atom. The lowest BCUT2D eigenvalue weighted by atomic mass is 10.1. The summed E-state index contributed by atoms with van der Waals surface area (Å²) in [5.74, 6) is 0.0179.